The van der Waals surface area contributed by atoms with Crippen LogP contribution in [0.25, 0.3) is 0 Å². The molecule has 0 aliphatic carbocycles. The number of nitrogens with zero attached hydrogens (tertiary/aromatic N) is 1. The zero-order chi connectivity index (χ0) is 18.2. The lowest BCUT2D eigenvalue weighted by atomic mass is 9.87. The molecule has 2 aromatic rings. The second kappa shape index (κ2) is 6.34. The van der Waals surface area contributed by atoms with Gasteiger partial charge in [0.05, 0.1) is 25.2 Å². The molecule has 2 atom stereocenters. The van der Waals surface area contributed by atoms with Gasteiger partial charge in [0.2, 0.25) is 5.79 Å². The van der Waals surface area contributed by atoms with Gasteiger partial charge in [0.15, 0.2) is 11.5 Å². The van der Waals surface area contributed by atoms with Crippen LogP contribution in [-0.2, 0) is 16.9 Å². The molecule has 7 nitrogen and oxygen atoms in total. The van der Waals surface area contributed by atoms with Gasteiger partial charge in [-0.1, -0.05) is 0 Å². The quantitative estimate of drug-likeness (QED) is 0.677. The van der Waals surface area contributed by atoms with Gasteiger partial charge in [-0.25, -0.2) is 0 Å². The third kappa shape index (κ3) is 2.92. The van der Waals surface area contributed by atoms with Crippen LogP contribution in [0.3, 0.4) is 0 Å². The fourth-order valence-electron chi connectivity index (χ4n) is 3.14. The molecule has 1 heterocycles. The van der Waals surface area contributed by atoms with E-state index in [4.69, 9.17) is 14.2 Å². The molecule has 0 saturated carbocycles. The molecule has 0 aromatic heterocycles. The van der Waals surface area contributed by atoms with E-state index in [0.717, 1.165) is 5.56 Å². The maximum atomic E-state index is 11.3. The molecule has 1 N–H and O–H groups in total. The maximum Gasteiger partial charge on any atom is 0.269 e. The van der Waals surface area contributed by atoms with E-state index >= 15 is 0 Å². The highest BCUT2D eigenvalue weighted by Crippen LogP contribution is 2.43. The van der Waals surface area contributed by atoms with Crippen LogP contribution in [0.15, 0.2) is 36.4 Å². The third-order valence-corrected chi connectivity index (χ3v) is 4.32. The van der Waals surface area contributed by atoms with Gasteiger partial charge in [-0.2, -0.15) is 0 Å². The van der Waals surface area contributed by atoms with Crippen molar-refractivity contribution < 1.29 is 24.2 Å². The van der Waals surface area contributed by atoms with Gasteiger partial charge in [0.25, 0.3) is 5.69 Å². The van der Waals surface area contributed by atoms with Crippen molar-refractivity contribution in [2.75, 3.05) is 14.2 Å². The summed E-state index contributed by atoms with van der Waals surface area (Å²) in [4.78, 5) is 10.4. The van der Waals surface area contributed by atoms with Crippen LogP contribution in [0.5, 0.6) is 11.5 Å². The average molecular weight is 345 g/mol. The number of hydrogen-bond donors (Lipinski definition) is 1. The Hall–Kier alpha value is -2.64. The molecule has 0 saturated heterocycles. The van der Waals surface area contributed by atoms with Gasteiger partial charge in [-0.3, -0.25) is 10.1 Å². The molecule has 0 radical (unpaired) electrons. The number of aliphatic hydroxyl groups is 1. The number of nitro benzene ring substituents is 1. The Morgan fingerprint density at radius 1 is 1.20 bits per heavy atom. The first kappa shape index (κ1) is 17.2. The normalized spacial score (nSPS) is 22.2. The number of fused-ring (bicyclic) bond motifs is 1. The van der Waals surface area contributed by atoms with Gasteiger partial charge >= 0.3 is 0 Å². The lowest BCUT2D eigenvalue weighted by molar-refractivity contribution is -0.384. The maximum absolute atomic E-state index is 11.3. The van der Waals surface area contributed by atoms with E-state index in [1.807, 2.05) is 13.0 Å². The summed E-state index contributed by atoms with van der Waals surface area (Å²) < 4.78 is 16.5. The summed E-state index contributed by atoms with van der Waals surface area (Å²) in [6.07, 6.45) is 0.358. The van der Waals surface area contributed by atoms with Crippen molar-refractivity contribution in [3.05, 3.63) is 63.2 Å². The SMILES string of the molecule is COc1cc2c(cc1OC)C(O)(c1ccc([N+](=O)[O-])cc1)O[C@@H](C)C2. The fraction of sp³-hybridized carbons (Fsp3) is 0.333. The molecular formula is C18H19NO6. The average Bonchev–Trinajstić information content (AvgIpc) is 2.60. The number of non-ortho nitro benzene ring substituents is 1. The highest BCUT2D eigenvalue weighted by molar-refractivity contribution is 5.52. The molecule has 0 amide bonds. The van der Waals surface area contributed by atoms with Crippen molar-refractivity contribution in [2.45, 2.75) is 25.2 Å². The number of rotatable bonds is 4. The molecule has 1 aliphatic heterocycles. The molecule has 3 rings (SSSR count). The first-order valence-corrected chi connectivity index (χ1v) is 7.79. The number of nitro groups is 1. The summed E-state index contributed by atoms with van der Waals surface area (Å²) >= 11 is 0. The van der Waals surface area contributed by atoms with E-state index in [2.05, 4.69) is 0 Å². The Balaban J connectivity index is 2.15. The van der Waals surface area contributed by atoms with Crippen LogP contribution in [0.1, 0.15) is 23.6 Å². The zero-order valence-electron chi connectivity index (χ0n) is 14.2. The predicted molar refractivity (Wildman–Crippen MR) is 89.9 cm³/mol. The van der Waals surface area contributed by atoms with Crippen LogP contribution in [-0.4, -0.2) is 30.4 Å². The van der Waals surface area contributed by atoms with Crippen LogP contribution in [0.4, 0.5) is 5.69 Å². The first-order valence-electron chi connectivity index (χ1n) is 7.79. The molecule has 2 aromatic carbocycles. The zero-order valence-corrected chi connectivity index (χ0v) is 14.2. The first-order chi connectivity index (χ1) is 11.9. The summed E-state index contributed by atoms with van der Waals surface area (Å²) in [6, 6.07) is 9.19. The molecule has 0 fully saturated rings. The summed E-state index contributed by atoms with van der Waals surface area (Å²) in [5, 5.41) is 22.1. The summed E-state index contributed by atoms with van der Waals surface area (Å²) in [5.41, 5.74) is 1.77. The number of ether oxygens (including phenoxy) is 3. The van der Waals surface area contributed by atoms with Crippen molar-refractivity contribution in [1.82, 2.24) is 0 Å². The molecule has 1 aliphatic rings. The van der Waals surface area contributed by atoms with E-state index in [1.165, 1.54) is 31.4 Å². The molecule has 25 heavy (non-hydrogen) atoms. The minimum atomic E-state index is -1.72. The molecule has 1 unspecified atom stereocenters. The van der Waals surface area contributed by atoms with Crippen molar-refractivity contribution in [1.29, 1.82) is 0 Å². The van der Waals surface area contributed by atoms with Crippen LogP contribution in [0, 0.1) is 10.1 Å². The monoisotopic (exact) mass is 345 g/mol. The highest BCUT2D eigenvalue weighted by atomic mass is 16.6. The smallest absolute Gasteiger partial charge is 0.269 e. The highest BCUT2D eigenvalue weighted by Gasteiger charge is 2.41. The largest absolute Gasteiger partial charge is 0.493 e. The molecule has 7 heteroatoms. The summed E-state index contributed by atoms with van der Waals surface area (Å²) in [6.45, 7) is 1.86. The van der Waals surface area contributed by atoms with Crippen LogP contribution >= 0.6 is 0 Å². The van der Waals surface area contributed by atoms with Gasteiger partial charge < -0.3 is 19.3 Å². The van der Waals surface area contributed by atoms with Gasteiger partial charge in [0.1, 0.15) is 0 Å². The summed E-state index contributed by atoms with van der Waals surface area (Å²) in [7, 11) is 3.07. The lowest BCUT2D eigenvalue weighted by Crippen LogP contribution is -2.40. The van der Waals surface area contributed by atoms with Crippen molar-refractivity contribution in [3.63, 3.8) is 0 Å². The topological polar surface area (TPSA) is 91.1 Å². The van der Waals surface area contributed by atoms with Gasteiger partial charge in [0, 0.05) is 23.3 Å². The molecule has 0 spiro atoms. The standard InChI is InChI=1S/C18H19NO6/c1-11-8-12-9-16(23-2)17(24-3)10-15(12)18(20,25-11)13-4-6-14(7-5-13)19(21)22/h4-7,9-11,20H,8H2,1-3H3/t11-,18?/m0/s1. The summed E-state index contributed by atoms with van der Waals surface area (Å²) in [5.74, 6) is -0.678. The van der Waals surface area contributed by atoms with Crippen LogP contribution in [0.2, 0.25) is 0 Å². The predicted octanol–water partition coefficient (Wildman–Crippen LogP) is 2.77. The van der Waals surface area contributed by atoms with Crippen molar-refractivity contribution >= 4 is 5.69 Å². The number of benzene rings is 2. The minimum Gasteiger partial charge on any atom is -0.493 e. The van der Waals surface area contributed by atoms with Gasteiger partial charge in [-0.15, -0.1) is 0 Å². The Labute approximate surface area is 144 Å². The molecule has 132 valence electrons. The number of hydrogen-bond acceptors (Lipinski definition) is 6. The Morgan fingerprint density at radius 3 is 2.36 bits per heavy atom. The molecule has 0 bridgehead atoms. The minimum absolute atomic E-state index is 0.0521. The van der Waals surface area contributed by atoms with E-state index in [-0.39, 0.29) is 11.8 Å². The second-order valence-corrected chi connectivity index (χ2v) is 5.94. The van der Waals surface area contributed by atoms with Gasteiger partial charge in [-0.05, 0) is 43.2 Å². The fourth-order valence-corrected chi connectivity index (χ4v) is 3.14. The Kier molecular flexibility index (Phi) is 4.36. The second-order valence-electron chi connectivity index (χ2n) is 5.94. The van der Waals surface area contributed by atoms with E-state index in [0.29, 0.717) is 29.0 Å². The van der Waals surface area contributed by atoms with Crippen LogP contribution < -0.4 is 9.47 Å². The van der Waals surface area contributed by atoms with Crippen molar-refractivity contribution in [3.8, 4) is 11.5 Å². The Morgan fingerprint density at radius 2 is 1.80 bits per heavy atom. The Bertz CT molecular complexity index is 804. The third-order valence-electron chi connectivity index (χ3n) is 4.32. The van der Waals surface area contributed by atoms with E-state index in [1.54, 1.807) is 13.2 Å². The lowest BCUT2D eigenvalue weighted by Gasteiger charge is -2.38. The van der Waals surface area contributed by atoms with Crippen molar-refractivity contribution in [2.24, 2.45) is 0 Å². The van der Waals surface area contributed by atoms with E-state index in [9.17, 15) is 15.2 Å². The van der Waals surface area contributed by atoms with E-state index < -0.39 is 10.7 Å². The number of methoxy groups -OCH3 is 2. The molecular weight excluding hydrogens is 326 g/mol.